The van der Waals surface area contributed by atoms with Crippen LogP contribution in [0.3, 0.4) is 0 Å². The van der Waals surface area contributed by atoms with Gasteiger partial charge in [-0.3, -0.25) is 18.4 Å². The molecule has 130 valence electrons. The zero-order valence-corrected chi connectivity index (χ0v) is 14.9. The first-order valence-corrected chi connectivity index (χ1v) is 10.4. The van der Waals surface area contributed by atoms with Gasteiger partial charge in [0, 0.05) is 0 Å². The van der Waals surface area contributed by atoms with Crippen molar-refractivity contribution in [2.45, 2.75) is 64.2 Å². The highest BCUT2D eigenvalue weighted by molar-refractivity contribution is 7.54. The molecule has 0 amide bonds. The highest BCUT2D eigenvalue weighted by atomic mass is 31.2. The number of rotatable bonds is 3. The summed E-state index contributed by atoms with van der Waals surface area (Å²) in [6, 6.07) is -0.284. The molecule has 2 heterocycles. The lowest BCUT2D eigenvalue weighted by molar-refractivity contribution is -0.199. The van der Waals surface area contributed by atoms with Crippen LogP contribution in [0.4, 0.5) is 0 Å². The van der Waals surface area contributed by atoms with Crippen molar-refractivity contribution in [3.8, 4) is 0 Å². The lowest BCUT2D eigenvalue weighted by Gasteiger charge is -2.63. The van der Waals surface area contributed by atoms with Crippen LogP contribution in [0, 0.1) is 17.3 Å². The average molecular weight is 343 g/mol. The molecular weight excluding hydrogens is 317 g/mol. The number of esters is 1. The number of hydrogen-bond donors (Lipinski definition) is 1. The molecule has 5 unspecified atom stereocenters. The maximum absolute atomic E-state index is 12.9. The summed E-state index contributed by atoms with van der Waals surface area (Å²) < 4.78 is 30.0. The topological polar surface area (TPSA) is 73.9 Å². The molecule has 3 saturated carbocycles. The molecule has 1 N–H and O–H groups in total. The lowest BCUT2D eigenvalue weighted by atomic mass is 9.43. The Hall–Kier alpha value is -0.420. The normalized spacial score (nSPS) is 50.2. The van der Waals surface area contributed by atoms with Crippen LogP contribution >= 0.6 is 7.60 Å². The van der Waals surface area contributed by atoms with Crippen molar-refractivity contribution in [2.75, 3.05) is 12.9 Å². The fraction of sp³-hybridized carbons (Fsp3) is 0.938. The number of carbonyl (C=O) groups is 1. The molecule has 5 aliphatic rings. The fourth-order valence-electron chi connectivity index (χ4n) is 5.08. The SMILES string of the molecule is CC1(C)C2CC3OP(=O)(COC(=O)C4CCCN4)O[C@]3(C)C1C2. The first-order chi connectivity index (χ1) is 10.7. The first-order valence-electron chi connectivity index (χ1n) is 8.63. The Kier molecular flexibility index (Phi) is 3.52. The van der Waals surface area contributed by atoms with E-state index in [-0.39, 0.29) is 29.9 Å². The standard InChI is InChI=1S/C16H26NO5P/c1-15(2)10-7-12(15)16(3)13(8-10)21-23(19,22-16)9-20-14(18)11-5-4-6-17-11/h10-13,17H,4-9H2,1-3H3/t10?,11?,12?,13?,16-,23?/m1/s1. The van der Waals surface area contributed by atoms with Gasteiger partial charge >= 0.3 is 13.6 Å². The van der Waals surface area contributed by atoms with Crippen molar-refractivity contribution < 1.29 is 23.1 Å². The Labute approximate surface area is 137 Å². The molecule has 2 aliphatic heterocycles. The van der Waals surface area contributed by atoms with Crippen LogP contribution in [0.1, 0.15) is 46.5 Å². The number of nitrogens with one attached hydrogen (secondary N) is 1. The zero-order chi connectivity index (χ0) is 16.5. The second kappa shape index (κ2) is 5.04. The molecular formula is C16H26NO5P. The van der Waals surface area contributed by atoms with Crippen molar-refractivity contribution in [3.05, 3.63) is 0 Å². The van der Waals surface area contributed by atoms with E-state index >= 15 is 0 Å². The Morgan fingerprint density at radius 3 is 2.78 bits per heavy atom. The Bertz CT molecular complexity index is 573. The summed E-state index contributed by atoms with van der Waals surface area (Å²) in [4.78, 5) is 12.0. The van der Waals surface area contributed by atoms with E-state index in [1.165, 1.54) is 0 Å². The molecule has 7 heteroatoms. The average Bonchev–Trinajstić information content (AvgIpc) is 3.08. The van der Waals surface area contributed by atoms with Crippen LogP contribution in [0.2, 0.25) is 0 Å². The summed E-state index contributed by atoms with van der Waals surface area (Å²) in [6.07, 6.45) is 3.30. The first kappa shape index (κ1) is 16.1. The summed E-state index contributed by atoms with van der Waals surface area (Å²) in [6.45, 7) is 7.35. The summed E-state index contributed by atoms with van der Waals surface area (Å²) >= 11 is 0. The van der Waals surface area contributed by atoms with Crippen LogP contribution < -0.4 is 5.32 Å². The minimum absolute atomic E-state index is 0.145. The highest BCUT2D eigenvalue weighted by Gasteiger charge is 2.69. The molecule has 6 atom stereocenters. The van der Waals surface area contributed by atoms with Crippen LogP contribution in [-0.2, 0) is 23.1 Å². The van der Waals surface area contributed by atoms with E-state index in [1.807, 2.05) is 6.92 Å². The molecule has 6 nitrogen and oxygen atoms in total. The lowest BCUT2D eigenvalue weighted by Crippen LogP contribution is -2.65. The fourth-order valence-corrected chi connectivity index (χ4v) is 7.05. The second-order valence-electron chi connectivity index (χ2n) is 8.26. The molecule has 0 aromatic heterocycles. The summed E-state index contributed by atoms with van der Waals surface area (Å²) in [5.41, 5.74) is -0.319. The van der Waals surface area contributed by atoms with E-state index in [1.54, 1.807) is 0 Å². The van der Waals surface area contributed by atoms with Gasteiger partial charge in [0.1, 0.15) is 11.6 Å². The van der Waals surface area contributed by atoms with Gasteiger partial charge in [0.25, 0.3) is 0 Å². The van der Waals surface area contributed by atoms with Gasteiger partial charge in [-0.05, 0) is 56.4 Å². The van der Waals surface area contributed by atoms with Crippen molar-refractivity contribution in [1.82, 2.24) is 5.32 Å². The van der Waals surface area contributed by atoms with Crippen LogP contribution in [0.5, 0.6) is 0 Å². The number of carbonyl (C=O) groups excluding carboxylic acids is 1. The Balaban J connectivity index is 1.43. The zero-order valence-electron chi connectivity index (χ0n) is 14.0. The van der Waals surface area contributed by atoms with Gasteiger partial charge in [-0.1, -0.05) is 13.8 Å². The molecule has 5 fully saturated rings. The predicted octanol–water partition coefficient (Wildman–Crippen LogP) is 2.67. The van der Waals surface area contributed by atoms with Crippen LogP contribution in [-0.4, -0.2) is 36.6 Å². The maximum Gasteiger partial charge on any atom is 0.368 e. The molecule has 2 bridgehead atoms. The molecule has 3 aliphatic carbocycles. The van der Waals surface area contributed by atoms with Gasteiger partial charge in [-0.2, -0.15) is 0 Å². The van der Waals surface area contributed by atoms with Crippen molar-refractivity contribution >= 4 is 13.6 Å². The Morgan fingerprint density at radius 1 is 1.35 bits per heavy atom. The second-order valence-corrected chi connectivity index (χ2v) is 10.1. The highest BCUT2D eigenvalue weighted by Crippen LogP contribution is 2.73. The van der Waals surface area contributed by atoms with Gasteiger partial charge in [-0.25, -0.2) is 0 Å². The van der Waals surface area contributed by atoms with Crippen LogP contribution in [0.25, 0.3) is 0 Å². The minimum Gasteiger partial charge on any atom is -0.452 e. The minimum atomic E-state index is -3.37. The molecule has 23 heavy (non-hydrogen) atoms. The van der Waals surface area contributed by atoms with E-state index in [2.05, 4.69) is 19.2 Å². The third-order valence-corrected chi connectivity index (χ3v) is 8.33. The molecule has 0 aromatic rings. The third-order valence-electron chi connectivity index (χ3n) is 6.63. The molecule has 0 aromatic carbocycles. The summed E-state index contributed by atoms with van der Waals surface area (Å²) in [5.74, 6) is 0.599. The molecule has 0 radical (unpaired) electrons. The molecule has 2 saturated heterocycles. The number of ether oxygens (including phenoxy) is 1. The summed E-state index contributed by atoms with van der Waals surface area (Å²) in [5, 5.41) is 3.08. The van der Waals surface area contributed by atoms with E-state index in [9.17, 15) is 9.36 Å². The van der Waals surface area contributed by atoms with Gasteiger partial charge in [0.15, 0.2) is 6.35 Å². The van der Waals surface area contributed by atoms with E-state index in [0.717, 1.165) is 32.2 Å². The Morgan fingerprint density at radius 2 is 2.13 bits per heavy atom. The van der Waals surface area contributed by atoms with E-state index in [4.69, 9.17) is 13.8 Å². The van der Waals surface area contributed by atoms with Gasteiger partial charge in [0.2, 0.25) is 0 Å². The van der Waals surface area contributed by atoms with Crippen molar-refractivity contribution in [3.63, 3.8) is 0 Å². The molecule has 0 spiro atoms. The van der Waals surface area contributed by atoms with Crippen LogP contribution in [0.15, 0.2) is 0 Å². The monoisotopic (exact) mass is 343 g/mol. The smallest absolute Gasteiger partial charge is 0.368 e. The summed E-state index contributed by atoms with van der Waals surface area (Å²) in [7, 11) is -3.37. The van der Waals surface area contributed by atoms with Gasteiger partial charge < -0.3 is 10.1 Å². The third kappa shape index (κ3) is 2.33. The number of hydrogen-bond acceptors (Lipinski definition) is 6. The van der Waals surface area contributed by atoms with Crippen molar-refractivity contribution in [1.29, 1.82) is 0 Å². The molecule has 5 rings (SSSR count). The van der Waals surface area contributed by atoms with Crippen molar-refractivity contribution in [2.24, 2.45) is 17.3 Å². The predicted molar refractivity (Wildman–Crippen MR) is 83.9 cm³/mol. The quantitative estimate of drug-likeness (QED) is 0.627. The van der Waals surface area contributed by atoms with E-state index in [0.29, 0.717) is 11.8 Å². The van der Waals surface area contributed by atoms with Gasteiger partial charge in [-0.15, -0.1) is 0 Å². The largest absolute Gasteiger partial charge is 0.452 e. The van der Waals surface area contributed by atoms with Gasteiger partial charge in [0.05, 0.1) is 6.10 Å². The van der Waals surface area contributed by atoms with E-state index < -0.39 is 13.2 Å². The maximum atomic E-state index is 12.9.